The third kappa shape index (κ3) is 6.65. The minimum absolute atomic E-state index is 0.909. The molecule has 0 atom stereocenters. The molecule has 0 radical (unpaired) electrons. The lowest BCUT2D eigenvalue weighted by Crippen LogP contribution is -1.95. The molecule has 1 aromatic rings. The van der Waals surface area contributed by atoms with Crippen LogP contribution in [0.1, 0.15) is 44.6 Å². The number of benzene rings is 1. The van der Waals surface area contributed by atoms with E-state index in [-0.39, 0.29) is 0 Å². The van der Waals surface area contributed by atoms with Crippen molar-refractivity contribution in [2.24, 2.45) is 0 Å². The molecule has 102 valence electrons. The second-order valence-corrected chi connectivity index (χ2v) is 4.62. The standard InChI is InChI=1S/C16H26O2/c1-3-13-18-14-7-5-4-6-8-15-9-11-16(17-2)12-10-15/h9-12H,3-8,13-14H2,1-2H3. The van der Waals surface area contributed by atoms with Gasteiger partial charge in [0.25, 0.3) is 0 Å². The second kappa shape index (κ2) is 9.95. The number of aryl methyl sites for hydroxylation is 1. The van der Waals surface area contributed by atoms with Gasteiger partial charge in [0.1, 0.15) is 5.75 Å². The van der Waals surface area contributed by atoms with Crippen LogP contribution in [0.25, 0.3) is 0 Å². The van der Waals surface area contributed by atoms with E-state index in [9.17, 15) is 0 Å². The SMILES string of the molecule is CCCOCCCCCCc1ccc(OC)cc1. The van der Waals surface area contributed by atoms with Crippen molar-refractivity contribution in [1.29, 1.82) is 0 Å². The molecule has 1 rings (SSSR count). The van der Waals surface area contributed by atoms with Crippen molar-refractivity contribution in [3.8, 4) is 5.75 Å². The molecule has 0 aliphatic carbocycles. The summed E-state index contributed by atoms with van der Waals surface area (Å²) >= 11 is 0. The van der Waals surface area contributed by atoms with Gasteiger partial charge < -0.3 is 9.47 Å². The maximum atomic E-state index is 5.46. The lowest BCUT2D eigenvalue weighted by molar-refractivity contribution is 0.130. The minimum Gasteiger partial charge on any atom is -0.497 e. The number of methoxy groups -OCH3 is 1. The van der Waals surface area contributed by atoms with E-state index in [1.54, 1.807) is 7.11 Å². The molecule has 0 amide bonds. The van der Waals surface area contributed by atoms with E-state index < -0.39 is 0 Å². The van der Waals surface area contributed by atoms with Crippen LogP contribution < -0.4 is 4.74 Å². The third-order valence-electron chi connectivity index (χ3n) is 3.01. The van der Waals surface area contributed by atoms with Gasteiger partial charge in [-0.15, -0.1) is 0 Å². The summed E-state index contributed by atoms with van der Waals surface area (Å²) < 4.78 is 10.6. The predicted molar refractivity (Wildman–Crippen MR) is 76.3 cm³/mol. The van der Waals surface area contributed by atoms with Gasteiger partial charge in [-0.25, -0.2) is 0 Å². The first-order valence-electron chi connectivity index (χ1n) is 7.07. The number of hydrogen-bond acceptors (Lipinski definition) is 2. The van der Waals surface area contributed by atoms with Crippen LogP contribution in [-0.2, 0) is 11.2 Å². The van der Waals surface area contributed by atoms with Gasteiger partial charge in [-0.3, -0.25) is 0 Å². The number of unbranched alkanes of at least 4 members (excludes halogenated alkanes) is 3. The van der Waals surface area contributed by atoms with Gasteiger partial charge in [0.15, 0.2) is 0 Å². The minimum atomic E-state index is 0.909. The highest BCUT2D eigenvalue weighted by Crippen LogP contribution is 2.13. The van der Waals surface area contributed by atoms with Crippen LogP contribution >= 0.6 is 0 Å². The Morgan fingerprint density at radius 3 is 2.28 bits per heavy atom. The molecule has 2 nitrogen and oxygen atoms in total. The Balaban J connectivity index is 2.00. The van der Waals surface area contributed by atoms with Crippen molar-refractivity contribution in [3.05, 3.63) is 29.8 Å². The Morgan fingerprint density at radius 2 is 1.61 bits per heavy atom. The van der Waals surface area contributed by atoms with Gasteiger partial charge in [0.05, 0.1) is 7.11 Å². The highest BCUT2D eigenvalue weighted by Gasteiger charge is 1.95. The first-order valence-corrected chi connectivity index (χ1v) is 7.07. The average molecular weight is 250 g/mol. The highest BCUT2D eigenvalue weighted by atomic mass is 16.5. The summed E-state index contributed by atoms with van der Waals surface area (Å²) in [6, 6.07) is 8.38. The Bertz CT molecular complexity index is 292. The molecule has 18 heavy (non-hydrogen) atoms. The van der Waals surface area contributed by atoms with Crippen LogP contribution in [0.4, 0.5) is 0 Å². The zero-order valence-electron chi connectivity index (χ0n) is 11.8. The molecule has 0 aliphatic heterocycles. The fourth-order valence-electron chi connectivity index (χ4n) is 1.93. The Hall–Kier alpha value is -1.02. The van der Waals surface area contributed by atoms with Crippen LogP contribution in [-0.4, -0.2) is 20.3 Å². The molecule has 0 unspecified atom stereocenters. The van der Waals surface area contributed by atoms with Crippen molar-refractivity contribution >= 4 is 0 Å². The summed E-state index contributed by atoms with van der Waals surface area (Å²) in [6.45, 7) is 3.98. The van der Waals surface area contributed by atoms with Crippen molar-refractivity contribution < 1.29 is 9.47 Å². The van der Waals surface area contributed by atoms with Crippen LogP contribution in [0.3, 0.4) is 0 Å². The molecule has 1 aromatic carbocycles. The van der Waals surface area contributed by atoms with Crippen molar-refractivity contribution in [2.45, 2.75) is 45.4 Å². The molecular weight excluding hydrogens is 224 g/mol. The number of hydrogen-bond donors (Lipinski definition) is 0. The Morgan fingerprint density at radius 1 is 0.889 bits per heavy atom. The molecule has 0 saturated carbocycles. The van der Waals surface area contributed by atoms with Gasteiger partial charge in [-0.05, 0) is 43.4 Å². The summed E-state index contributed by atoms with van der Waals surface area (Å²) in [7, 11) is 1.70. The third-order valence-corrected chi connectivity index (χ3v) is 3.01. The van der Waals surface area contributed by atoms with E-state index in [2.05, 4.69) is 19.1 Å². The maximum Gasteiger partial charge on any atom is 0.118 e. The van der Waals surface area contributed by atoms with Crippen LogP contribution in [0, 0.1) is 0 Å². The lowest BCUT2D eigenvalue weighted by Gasteiger charge is -2.04. The van der Waals surface area contributed by atoms with Crippen molar-refractivity contribution in [3.63, 3.8) is 0 Å². The van der Waals surface area contributed by atoms with Gasteiger partial charge in [-0.2, -0.15) is 0 Å². The lowest BCUT2D eigenvalue weighted by atomic mass is 10.1. The van der Waals surface area contributed by atoms with E-state index in [0.717, 1.165) is 25.4 Å². The van der Waals surface area contributed by atoms with E-state index in [1.807, 2.05) is 12.1 Å². The molecule has 0 N–H and O–H groups in total. The monoisotopic (exact) mass is 250 g/mol. The molecule has 0 saturated heterocycles. The first-order chi connectivity index (χ1) is 8.86. The normalized spacial score (nSPS) is 10.6. The summed E-state index contributed by atoms with van der Waals surface area (Å²) in [6.07, 6.45) is 7.32. The Labute approximate surface area is 111 Å². The van der Waals surface area contributed by atoms with Crippen LogP contribution in [0.15, 0.2) is 24.3 Å². The summed E-state index contributed by atoms with van der Waals surface area (Å²) in [5.74, 6) is 0.937. The average Bonchev–Trinajstić information content (AvgIpc) is 2.42. The van der Waals surface area contributed by atoms with E-state index in [4.69, 9.17) is 9.47 Å². The molecule has 0 bridgehead atoms. The topological polar surface area (TPSA) is 18.5 Å². The quantitative estimate of drug-likeness (QED) is 0.579. The Kier molecular flexibility index (Phi) is 8.32. The molecule has 0 heterocycles. The molecule has 0 aliphatic rings. The molecule has 2 heteroatoms. The van der Waals surface area contributed by atoms with E-state index >= 15 is 0 Å². The fraction of sp³-hybridized carbons (Fsp3) is 0.625. The van der Waals surface area contributed by atoms with Crippen molar-refractivity contribution in [1.82, 2.24) is 0 Å². The van der Waals surface area contributed by atoms with Crippen molar-refractivity contribution in [2.75, 3.05) is 20.3 Å². The largest absolute Gasteiger partial charge is 0.497 e. The zero-order chi connectivity index (χ0) is 13.1. The van der Waals surface area contributed by atoms with Crippen LogP contribution in [0.2, 0.25) is 0 Å². The predicted octanol–water partition coefficient (Wildman–Crippen LogP) is 4.22. The number of ether oxygens (including phenoxy) is 2. The van der Waals surface area contributed by atoms with Gasteiger partial charge in [0.2, 0.25) is 0 Å². The smallest absolute Gasteiger partial charge is 0.118 e. The second-order valence-electron chi connectivity index (χ2n) is 4.62. The summed E-state index contributed by atoms with van der Waals surface area (Å²) in [5.41, 5.74) is 1.40. The maximum absolute atomic E-state index is 5.46. The molecule has 0 aromatic heterocycles. The van der Waals surface area contributed by atoms with Gasteiger partial charge >= 0.3 is 0 Å². The number of rotatable bonds is 10. The van der Waals surface area contributed by atoms with Gasteiger partial charge in [-0.1, -0.05) is 31.9 Å². The molecule has 0 spiro atoms. The van der Waals surface area contributed by atoms with E-state index in [0.29, 0.717) is 0 Å². The molecular formula is C16H26O2. The zero-order valence-corrected chi connectivity index (χ0v) is 11.8. The molecule has 0 fully saturated rings. The van der Waals surface area contributed by atoms with Gasteiger partial charge in [0, 0.05) is 13.2 Å². The van der Waals surface area contributed by atoms with Crippen LogP contribution in [0.5, 0.6) is 5.75 Å². The first kappa shape index (κ1) is 15.0. The van der Waals surface area contributed by atoms with E-state index in [1.165, 1.54) is 37.7 Å². The summed E-state index contributed by atoms with van der Waals surface area (Å²) in [5, 5.41) is 0. The summed E-state index contributed by atoms with van der Waals surface area (Å²) in [4.78, 5) is 0. The highest BCUT2D eigenvalue weighted by molar-refractivity contribution is 5.27. The fourth-order valence-corrected chi connectivity index (χ4v) is 1.93.